The Bertz CT molecular complexity index is 1190. The summed E-state index contributed by atoms with van der Waals surface area (Å²) in [6.07, 6.45) is 4.88. The Morgan fingerprint density at radius 2 is 1.76 bits per heavy atom. The van der Waals surface area contributed by atoms with Crippen LogP contribution in [-0.2, 0) is 18.5 Å². The summed E-state index contributed by atoms with van der Waals surface area (Å²) in [5.74, 6) is -0.941. The smallest absolute Gasteiger partial charge is 0.277 e. The van der Waals surface area contributed by atoms with E-state index in [0.717, 1.165) is 6.42 Å². The van der Waals surface area contributed by atoms with E-state index in [1.807, 2.05) is 13.8 Å². The number of ketones is 2. The fraction of sp³-hybridized carbons (Fsp3) is 0.500. The molecule has 1 aromatic carbocycles. The van der Waals surface area contributed by atoms with E-state index in [-0.39, 0.29) is 28.6 Å². The molecule has 2 aliphatic rings. The van der Waals surface area contributed by atoms with E-state index in [2.05, 4.69) is 0 Å². The summed E-state index contributed by atoms with van der Waals surface area (Å²) in [6, 6.07) is 11.7. The third-order valence-electron chi connectivity index (χ3n) is 7.18. The molecular formula is C24H28N2O5S2. The standard InChI is InChI=1S/C24H28N2O5S2/c1-23(2)19-10-11-24(23,21(27)12-19)16-33(29,30)31-32(3,4)15-20(18(13-25)14-26)22(28)17-8-6-5-7-9-17/h5-9,19H,10-12,15-16H2,1-4H3. The molecule has 0 spiro atoms. The second-order valence-electron chi connectivity index (χ2n) is 9.79. The number of Topliss-reactive ketones (excluding diaryl/α,β-unsaturated/α-hetero) is 2. The van der Waals surface area contributed by atoms with Crippen molar-refractivity contribution in [2.45, 2.75) is 33.1 Å². The van der Waals surface area contributed by atoms with Crippen molar-refractivity contribution in [3.05, 3.63) is 47.0 Å². The molecule has 0 saturated heterocycles. The van der Waals surface area contributed by atoms with Gasteiger partial charge in [-0.25, -0.2) is 3.63 Å². The minimum atomic E-state index is -4.13. The number of rotatable bonds is 8. The average molecular weight is 489 g/mol. The van der Waals surface area contributed by atoms with Gasteiger partial charge >= 0.3 is 0 Å². The van der Waals surface area contributed by atoms with Gasteiger partial charge in [-0.15, -0.1) is 10.3 Å². The first-order valence-corrected chi connectivity index (χ1v) is 14.7. The molecule has 2 bridgehead atoms. The van der Waals surface area contributed by atoms with Crippen LogP contribution in [0.5, 0.6) is 0 Å². The Morgan fingerprint density at radius 3 is 2.24 bits per heavy atom. The lowest BCUT2D eigenvalue weighted by Crippen LogP contribution is -2.42. The molecule has 1 aromatic rings. The molecule has 0 radical (unpaired) electrons. The number of hydrogen-bond acceptors (Lipinski definition) is 7. The summed E-state index contributed by atoms with van der Waals surface area (Å²) >= 11 is 0. The fourth-order valence-corrected chi connectivity index (χ4v) is 10.1. The third kappa shape index (κ3) is 4.63. The van der Waals surface area contributed by atoms with E-state index in [9.17, 15) is 28.5 Å². The number of carbonyl (C=O) groups is 2. The predicted octanol–water partition coefficient (Wildman–Crippen LogP) is 3.93. The van der Waals surface area contributed by atoms with Crippen LogP contribution in [0.3, 0.4) is 0 Å². The van der Waals surface area contributed by atoms with E-state index in [1.54, 1.807) is 55.0 Å². The molecule has 3 rings (SSSR count). The Kier molecular flexibility index (Phi) is 6.65. The number of carbonyl (C=O) groups excluding carboxylic acids is 2. The molecule has 0 aromatic heterocycles. The van der Waals surface area contributed by atoms with Gasteiger partial charge in [-0.3, -0.25) is 9.59 Å². The second-order valence-corrected chi connectivity index (χ2v) is 14.9. The first-order valence-electron chi connectivity index (χ1n) is 10.6. The second kappa shape index (κ2) is 8.72. The Hall–Kier alpha value is -2.46. The summed E-state index contributed by atoms with van der Waals surface area (Å²) in [5.41, 5.74) is -1.53. The monoisotopic (exact) mass is 488 g/mol. The maximum Gasteiger partial charge on any atom is 0.277 e. The molecule has 0 heterocycles. The normalized spacial score (nSPS) is 24.1. The molecule has 33 heavy (non-hydrogen) atoms. The van der Waals surface area contributed by atoms with Gasteiger partial charge in [0.1, 0.15) is 23.5 Å². The zero-order valence-corrected chi connectivity index (χ0v) is 20.9. The van der Waals surface area contributed by atoms with Crippen molar-refractivity contribution < 1.29 is 21.6 Å². The fourth-order valence-electron chi connectivity index (χ4n) is 5.26. The number of allylic oxidation sites excluding steroid dienone is 1. The number of benzene rings is 1. The van der Waals surface area contributed by atoms with Crippen molar-refractivity contribution in [3.63, 3.8) is 0 Å². The first-order chi connectivity index (χ1) is 15.3. The van der Waals surface area contributed by atoms with Crippen molar-refractivity contribution in [2.24, 2.45) is 16.7 Å². The third-order valence-corrected chi connectivity index (χ3v) is 11.3. The minimum absolute atomic E-state index is 0.0279. The van der Waals surface area contributed by atoms with E-state index in [4.69, 9.17) is 3.63 Å². The van der Waals surface area contributed by atoms with Crippen LogP contribution in [-0.4, -0.2) is 44.0 Å². The van der Waals surface area contributed by atoms with Crippen molar-refractivity contribution in [1.82, 2.24) is 0 Å². The highest BCUT2D eigenvalue weighted by atomic mass is 32.3. The Balaban J connectivity index is 1.87. The molecule has 2 saturated carbocycles. The van der Waals surface area contributed by atoms with Gasteiger partial charge in [-0.2, -0.15) is 18.9 Å². The van der Waals surface area contributed by atoms with Gasteiger partial charge in [-0.05, 0) is 36.7 Å². The summed E-state index contributed by atoms with van der Waals surface area (Å²) in [7, 11) is -6.58. The lowest BCUT2D eigenvalue weighted by atomic mass is 9.70. The molecule has 7 nitrogen and oxygen atoms in total. The zero-order valence-electron chi connectivity index (χ0n) is 19.3. The Morgan fingerprint density at radius 1 is 1.15 bits per heavy atom. The highest BCUT2D eigenvalue weighted by Crippen LogP contribution is 2.64. The molecule has 2 aliphatic carbocycles. The van der Waals surface area contributed by atoms with Gasteiger partial charge in [0.05, 0.1) is 11.2 Å². The largest absolute Gasteiger partial charge is 0.299 e. The SMILES string of the molecule is CC1(C)C2CCC1(CS(=O)(=O)OS(C)(C)CC(C(=O)c1ccccc1)=C(C#N)C#N)C(=O)C2. The topological polar surface area (TPSA) is 125 Å². The molecule has 2 unspecified atom stereocenters. The van der Waals surface area contributed by atoms with E-state index < -0.39 is 42.8 Å². The molecule has 0 aliphatic heterocycles. The average Bonchev–Trinajstić information content (AvgIpc) is 3.07. The molecule has 176 valence electrons. The Labute approximate surface area is 197 Å². The highest BCUT2D eigenvalue weighted by molar-refractivity contribution is 8.32. The van der Waals surface area contributed by atoms with Gasteiger partial charge < -0.3 is 0 Å². The first kappa shape index (κ1) is 25.2. The zero-order chi connectivity index (χ0) is 24.7. The van der Waals surface area contributed by atoms with Gasteiger partial charge in [-0.1, -0.05) is 44.2 Å². The number of nitrogens with zero attached hydrogens (tertiary/aromatic N) is 2. The highest BCUT2D eigenvalue weighted by Gasteiger charge is 2.65. The van der Waals surface area contributed by atoms with Crippen molar-refractivity contribution >= 4 is 32.0 Å². The van der Waals surface area contributed by atoms with Crippen LogP contribution in [0.4, 0.5) is 0 Å². The molecule has 9 heteroatoms. The lowest BCUT2D eigenvalue weighted by Gasteiger charge is -2.38. The van der Waals surface area contributed by atoms with Crippen LogP contribution in [0.15, 0.2) is 41.5 Å². The summed E-state index contributed by atoms with van der Waals surface area (Å²) < 4.78 is 32.0. The van der Waals surface area contributed by atoms with E-state index in [0.29, 0.717) is 18.4 Å². The van der Waals surface area contributed by atoms with Crippen molar-refractivity contribution in [2.75, 3.05) is 24.0 Å². The van der Waals surface area contributed by atoms with Gasteiger partial charge in [0.25, 0.3) is 10.1 Å². The van der Waals surface area contributed by atoms with Crippen LogP contribution in [0, 0.1) is 39.4 Å². The quantitative estimate of drug-likeness (QED) is 0.308. The molecule has 0 amide bonds. The number of fused-ring (bicyclic) bond motifs is 2. The molecule has 2 fully saturated rings. The number of nitriles is 2. The van der Waals surface area contributed by atoms with Crippen LogP contribution < -0.4 is 0 Å². The minimum Gasteiger partial charge on any atom is -0.299 e. The maximum atomic E-state index is 13.2. The summed E-state index contributed by atoms with van der Waals surface area (Å²) in [5, 5.41) is 18.8. The van der Waals surface area contributed by atoms with Gasteiger partial charge in [0.2, 0.25) is 0 Å². The predicted molar refractivity (Wildman–Crippen MR) is 127 cm³/mol. The lowest BCUT2D eigenvalue weighted by molar-refractivity contribution is -0.128. The van der Waals surface area contributed by atoms with E-state index in [1.165, 1.54) is 0 Å². The summed E-state index contributed by atoms with van der Waals surface area (Å²) in [6.45, 7) is 3.91. The van der Waals surface area contributed by atoms with Crippen molar-refractivity contribution in [1.29, 1.82) is 10.5 Å². The van der Waals surface area contributed by atoms with Crippen LogP contribution >= 0.6 is 10.3 Å². The summed E-state index contributed by atoms with van der Waals surface area (Å²) in [4.78, 5) is 25.8. The van der Waals surface area contributed by atoms with Crippen LogP contribution in [0.1, 0.15) is 43.5 Å². The number of hydrogen-bond donors (Lipinski definition) is 0. The van der Waals surface area contributed by atoms with E-state index >= 15 is 0 Å². The molecule has 0 N–H and O–H groups in total. The van der Waals surface area contributed by atoms with Crippen LogP contribution in [0.25, 0.3) is 0 Å². The van der Waals surface area contributed by atoms with Crippen molar-refractivity contribution in [3.8, 4) is 12.1 Å². The van der Waals surface area contributed by atoms with Gasteiger partial charge in [0, 0.05) is 23.3 Å². The van der Waals surface area contributed by atoms with Crippen LogP contribution in [0.2, 0.25) is 0 Å². The van der Waals surface area contributed by atoms with Gasteiger partial charge in [0.15, 0.2) is 5.78 Å². The molecule has 2 atom stereocenters. The maximum absolute atomic E-state index is 13.2. The molecular weight excluding hydrogens is 460 g/mol.